The zero-order valence-electron chi connectivity index (χ0n) is 5.46. The molecule has 0 saturated carbocycles. The minimum absolute atomic E-state index is 0.481. The molecule has 0 rings (SSSR count). The minimum Gasteiger partial charge on any atom is -0.401 e. The number of hydrogen-bond acceptors (Lipinski definition) is 3. The van der Waals surface area contributed by atoms with Crippen molar-refractivity contribution in [1.82, 2.24) is 0 Å². The molecule has 0 aromatic carbocycles. The van der Waals surface area contributed by atoms with E-state index < -0.39 is 0 Å². The van der Waals surface area contributed by atoms with Crippen molar-refractivity contribution < 1.29 is 0 Å². The normalized spacial score (nSPS) is 13.4. The zero-order chi connectivity index (χ0) is 7.28. The molecule has 0 saturated heterocycles. The van der Waals surface area contributed by atoms with Crippen LogP contribution >= 0.6 is 0 Å². The maximum Gasteiger partial charge on any atom is 0.0687 e. The van der Waals surface area contributed by atoms with E-state index in [9.17, 15) is 0 Å². The number of nitrogens with two attached hydrogens (primary N) is 2. The van der Waals surface area contributed by atoms with Crippen LogP contribution in [0, 0.1) is 0 Å². The molecule has 0 unspecified atom stereocenters. The first-order chi connectivity index (χ1) is 4.18. The second kappa shape index (κ2) is 3.72. The fourth-order valence-corrected chi connectivity index (χ4v) is 0.235. The van der Waals surface area contributed by atoms with E-state index in [0.717, 1.165) is 0 Å². The molecule has 9 heavy (non-hydrogen) atoms. The fraction of sp³-hybridized carbons (Fsp3) is 0.167. The molecule has 3 heteroatoms. The van der Waals surface area contributed by atoms with Crippen molar-refractivity contribution >= 4 is 6.21 Å². The summed E-state index contributed by atoms with van der Waals surface area (Å²) in [6.45, 7) is 5.09. The standard InChI is InChI=1S/C6H11N3/c1-3-9-4-6(8)5(2)7/h3-4H,1,7-8H2,2H3/b6-5+,9-4?. The summed E-state index contributed by atoms with van der Waals surface area (Å²) in [5.41, 5.74) is 11.7. The van der Waals surface area contributed by atoms with E-state index in [-0.39, 0.29) is 0 Å². The fourth-order valence-electron chi connectivity index (χ4n) is 0.235. The molecular formula is C6H11N3. The molecule has 0 bridgehead atoms. The molecule has 0 heterocycles. The summed E-state index contributed by atoms with van der Waals surface area (Å²) in [4.78, 5) is 3.67. The summed E-state index contributed by atoms with van der Waals surface area (Å²) in [5.74, 6) is 0. The lowest BCUT2D eigenvalue weighted by Gasteiger charge is -1.92. The molecule has 0 fully saturated rings. The predicted molar refractivity (Wildman–Crippen MR) is 39.8 cm³/mol. The third-order valence-corrected chi connectivity index (χ3v) is 0.774. The Hall–Kier alpha value is -1.25. The molecule has 0 aromatic rings. The number of rotatable bonds is 2. The Bertz CT molecular complexity index is 152. The second-order valence-corrected chi connectivity index (χ2v) is 1.60. The van der Waals surface area contributed by atoms with Gasteiger partial charge in [-0.2, -0.15) is 0 Å². The Kier molecular flexibility index (Phi) is 3.20. The van der Waals surface area contributed by atoms with Gasteiger partial charge in [-0.15, -0.1) is 0 Å². The maximum absolute atomic E-state index is 5.36. The Morgan fingerprint density at radius 1 is 1.56 bits per heavy atom. The van der Waals surface area contributed by atoms with Gasteiger partial charge < -0.3 is 11.5 Å². The molecule has 0 spiro atoms. The predicted octanol–water partition coefficient (Wildman–Crippen LogP) is 0.350. The molecule has 50 valence electrons. The van der Waals surface area contributed by atoms with Gasteiger partial charge in [-0.3, -0.25) is 4.99 Å². The number of aliphatic imine (C=N–C) groups is 1. The van der Waals surface area contributed by atoms with Crippen LogP contribution in [0.1, 0.15) is 6.92 Å². The van der Waals surface area contributed by atoms with Crippen LogP contribution in [-0.4, -0.2) is 6.21 Å². The van der Waals surface area contributed by atoms with Gasteiger partial charge in [0.1, 0.15) is 0 Å². The highest BCUT2D eigenvalue weighted by atomic mass is 14.7. The summed E-state index contributed by atoms with van der Waals surface area (Å²) >= 11 is 0. The van der Waals surface area contributed by atoms with Crippen molar-refractivity contribution in [3.8, 4) is 0 Å². The molecule has 3 nitrogen and oxygen atoms in total. The average Bonchev–Trinajstić information content (AvgIpc) is 1.82. The first kappa shape index (κ1) is 7.75. The summed E-state index contributed by atoms with van der Waals surface area (Å²) in [6.07, 6.45) is 2.86. The largest absolute Gasteiger partial charge is 0.401 e. The van der Waals surface area contributed by atoms with Crippen LogP contribution in [-0.2, 0) is 0 Å². The Labute approximate surface area is 54.8 Å². The van der Waals surface area contributed by atoms with Crippen molar-refractivity contribution in [2.75, 3.05) is 0 Å². The molecule has 0 aliphatic carbocycles. The van der Waals surface area contributed by atoms with Gasteiger partial charge in [-0.1, -0.05) is 6.58 Å². The van der Waals surface area contributed by atoms with Gasteiger partial charge in [0.2, 0.25) is 0 Å². The van der Waals surface area contributed by atoms with Gasteiger partial charge >= 0.3 is 0 Å². The second-order valence-electron chi connectivity index (χ2n) is 1.60. The van der Waals surface area contributed by atoms with E-state index in [2.05, 4.69) is 11.6 Å². The molecule has 0 aromatic heterocycles. The lowest BCUT2D eigenvalue weighted by atomic mass is 10.4. The van der Waals surface area contributed by atoms with Crippen molar-refractivity contribution in [3.05, 3.63) is 24.2 Å². The lowest BCUT2D eigenvalue weighted by molar-refractivity contribution is 1.24. The van der Waals surface area contributed by atoms with Gasteiger partial charge in [0.25, 0.3) is 0 Å². The highest BCUT2D eigenvalue weighted by Gasteiger charge is 1.83. The van der Waals surface area contributed by atoms with Crippen molar-refractivity contribution in [2.24, 2.45) is 16.5 Å². The van der Waals surface area contributed by atoms with Gasteiger partial charge in [0.05, 0.1) is 11.9 Å². The van der Waals surface area contributed by atoms with Crippen LogP contribution in [0.4, 0.5) is 0 Å². The smallest absolute Gasteiger partial charge is 0.0687 e. The van der Waals surface area contributed by atoms with Gasteiger partial charge in [-0.25, -0.2) is 0 Å². The average molecular weight is 125 g/mol. The third-order valence-electron chi connectivity index (χ3n) is 0.774. The van der Waals surface area contributed by atoms with E-state index in [1.165, 1.54) is 12.4 Å². The van der Waals surface area contributed by atoms with Crippen LogP contribution in [0.3, 0.4) is 0 Å². The number of allylic oxidation sites excluding steroid dienone is 2. The van der Waals surface area contributed by atoms with E-state index in [0.29, 0.717) is 11.4 Å². The minimum atomic E-state index is 0.481. The highest BCUT2D eigenvalue weighted by molar-refractivity contribution is 5.78. The molecule has 0 atom stereocenters. The Morgan fingerprint density at radius 3 is 2.44 bits per heavy atom. The van der Waals surface area contributed by atoms with E-state index in [1.807, 2.05) is 0 Å². The number of hydrogen-bond donors (Lipinski definition) is 2. The molecule has 4 N–H and O–H groups in total. The molecule has 0 aliphatic heterocycles. The summed E-state index contributed by atoms with van der Waals surface area (Å²) in [5, 5.41) is 0. The molecule has 0 radical (unpaired) electrons. The number of nitrogens with zero attached hydrogens (tertiary/aromatic N) is 1. The maximum atomic E-state index is 5.36. The highest BCUT2D eigenvalue weighted by Crippen LogP contribution is 1.83. The van der Waals surface area contributed by atoms with Crippen molar-refractivity contribution in [3.63, 3.8) is 0 Å². The summed E-state index contributed by atoms with van der Waals surface area (Å²) < 4.78 is 0. The zero-order valence-corrected chi connectivity index (χ0v) is 5.46. The SMILES string of the molecule is C=CN=C/C(N)=C(/C)N. The summed E-state index contributed by atoms with van der Waals surface area (Å²) in [6, 6.07) is 0. The van der Waals surface area contributed by atoms with Crippen LogP contribution in [0.15, 0.2) is 29.2 Å². The van der Waals surface area contributed by atoms with Crippen molar-refractivity contribution in [1.29, 1.82) is 0 Å². The lowest BCUT2D eigenvalue weighted by Crippen LogP contribution is -2.07. The van der Waals surface area contributed by atoms with Gasteiger partial charge in [0, 0.05) is 11.9 Å². The monoisotopic (exact) mass is 125 g/mol. The van der Waals surface area contributed by atoms with E-state index in [4.69, 9.17) is 11.5 Å². The molecule has 0 aliphatic rings. The van der Waals surface area contributed by atoms with Crippen LogP contribution in [0.5, 0.6) is 0 Å². The summed E-state index contributed by atoms with van der Waals surface area (Å²) in [7, 11) is 0. The Balaban J connectivity index is 4.06. The Morgan fingerprint density at radius 2 is 2.11 bits per heavy atom. The topological polar surface area (TPSA) is 64.4 Å². The van der Waals surface area contributed by atoms with Gasteiger partial charge in [0.15, 0.2) is 0 Å². The van der Waals surface area contributed by atoms with Crippen LogP contribution in [0.25, 0.3) is 0 Å². The van der Waals surface area contributed by atoms with E-state index >= 15 is 0 Å². The van der Waals surface area contributed by atoms with Crippen LogP contribution in [0.2, 0.25) is 0 Å². The van der Waals surface area contributed by atoms with Crippen molar-refractivity contribution in [2.45, 2.75) is 6.92 Å². The molecule has 0 amide bonds. The quantitative estimate of drug-likeness (QED) is 0.523. The third kappa shape index (κ3) is 3.34. The van der Waals surface area contributed by atoms with Gasteiger partial charge in [-0.05, 0) is 6.92 Å². The van der Waals surface area contributed by atoms with Crippen LogP contribution < -0.4 is 11.5 Å². The first-order valence-electron chi connectivity index (χ1n) is 2.54. The first-order valence-corrected chi connectivity index (χ1v) is 2.54. The van der Waals surface area contributed by atoms with E-state index in [1.54, 1.807) is 6.92 Å². The molecular weight excluding hydrogens is 114 g/mol.